The summed E-state index contributed by atoms with van der Waals surface area (Å²) >= 11 is 0. The number of nitrogens with zero attached hydrogens (tertiary/aromatic N) is 1. The largest absolute Gasteiger partial charge is 0.495 e. The lowest BCUT2D eigenvalue weighted by molar-refractivity contribution is -0.123. The molecule has 3 rings (SSSR count). The molecule has 0 bridgehead atoms. The first-order chi connectivity index (χ1) is 11.2. The average molecular weight is 321 g/mol. The summed E-state index contributed by atoms with van der Waals surface area (Å²) in [4.78, 5) is 14.4. The quantitative estimate of drug-likeness (QED) is 0.882. The summed E-state index contributed by atoms with van der Waals surface area (Å²) < 4.78 is 18.6. The van der Waals surface area contributed by atoms with Crippen molar-refractivity contribution in [2.75, 3.05) is 31.6 Å². The Balaban J connectivity index is 1.51. The molecule has 0 saturated carbocycles. The SMILES string of the molecule is COc1ccccc1N1CCC(NC(=O)[C@H]2C[C@H](F)CN2)CC1. The van der Waals surface area contributed by atoms with Crippen LogP contribution in [0.3, 0.4) is 0 Å². The topological polar surface area (TPSA) is 53.6 Å². The molecular formula is C17H24FN3O2. The molecule has 2 saturated heterocycles. The first kappa shape index (κ1) is 16.1. The van der Waals surface area contributed by atoms with E-state index in [9.17, 15) is 9.18 Å². The lowest BCUT2D eigenvalue weighted by Crippen LogP contribution is -2.49. The summed E-state index contributed by atoms with van der Waals surface area (Å²) in [7, 11) is 1.68. The van der Waals surface area contributed by atoms with Gasteiger partial charge in [-0.25, -0.2) is 4.39 Å². The maximum Gasteiger partial charge on any atom is 0.237 e. The van der Waals surface area contributed by atoms with Gasteiger partial charge in [-0.3, -0.25) is 4.79 Å². The van der Waals surface area contributed by atoms with Gasteiger partial charge in [-0.2, -0.15) is 0 Å². The van der Waals surface area contributed by atoms with Crippen molar-refractivity contribution in [2.24, 2.45) is 0 Å². The highest BCUT2D eigenvalue weighted by atomic mass is 19.1. The van der Waals surface area contributed by atoms with Gasteiger partial charge in [-0.15, -0.1) is 0 Å². The number of anilines is 1. The summed E-state index contributed by atoms with van der Waals surface area (Å²) in [6.45, 7) is 2.02. The van der Waals surface area contributed by atoms with Gasteiger partial charge in [0.1, 0.15) is 11.9 Å². The molecule has 2 aliphatic heterocycles. The van der Waals surface area contributed by atoms with Crippen LogP contribution in [0.2, 0.25) is 0 Å². The molecule has 2 fully saturated rings. The minimum atomic E-state index is -0.904. The van der Waals surface area contributed by atoms with Crippen molar-refractivity contribution in [3.05, 3.63) is 24.3 Å². The molecular weight excluding hydrogens is 297 g/mol. The van der Waals surface area contributed by atoms with Gasteiger partial charge >= 0.3 is 0 Å². The lowest BCUT2D eigenvalue weighted by Gasteiger charge is -2.35. The molecule has 23 heavy (non-hydrogen) atoms. The van der Waals surface area contributed by atoms with Crippen LogP contribution >= 0.6 is 0 Å². The number of hydrogen-bond acceptors (Lipinski definition) is 4. The van der Waals surface area contributed by atoms with E-state index in [1.807, 2.05) is 18.2 Å². The van der Waals surface area contributed by atoms with Crippen molar-refractivity contribution in [1.82, 2.24) is 10.6 Å². The van der Waals surface area contributed by atoms with Crippen molar-refractivity contribution in [3.8, 4) is 5.75 Å². The molecule has 126 valence electrons. The van der Waals surface area contributed by atoms with Crippen molar-refractivity contribution in [2.45, 2.75) is 37.5 Å². The number of para-hydroxylation sites is 2. The molecule has 2 heterocycles. The van der Waals surface area contributed by atoms with Gasteiger partial charge in [0.25, 0.3) is 0 Å². The standard InChI is InChI=1S/C17H24FN3O2/c1-23-16-5-3-2-4-15(16)21-8-6-13(7-9-21)20-17(22)14-10-12(18)11-19-14/h2-5,12-14,19H,6-11H2,1H3,(H,20,22)/t12-,14+/m0/s1. The fourth-order valence-corrected chi connectivity index (χ4v) is 3.35. The number of carbonyl (C=O) groups is 1. The van der Waals surface area contributed by atoms with Crippen LogP contribution in [-0.4, -0.2) is 50.9 Å². The molecule has 1 aromatic carbocycles. The summed E-state index contributed by atoms with van der Waals surface area (Å²) in [5, 5.41) is 5.99. The molecule has 0 unspecified atom stereocenters. The Hall–Kier alpha value is -1.82. The molecule has 6 heteroatoms. The lowest BCUT2D eigenvalue weighted by atomic mass is 10.0. The van der Waals surface area contributed by atoms with Crippen LogP contribution in [0.1, 0.15) is 19.3 Å². The number of ether oxygens (including phenoxy) is 1. The molecule has 0 aliphatic carbocycles. The van der Waals surface area contributed by atoms with E-state index < -0.39 is 6.17 Å². The maximum absolute atomic E-state index is 13.2. The number of methoxy groups -OCH3 is 1. The first-order valence-electron chi connectivity index (χ1n) is 8.23. The number of rotatable bonds is 4. The first-order valence-corrected chi connectivity index (χ1v) is 8.23. The fourth-order valence-electron chi connectivity index (χ4n) is 3.35. The van der Waals surface area contributed by atoms with Crippen LogP contribution in [0.25, 0.3) is 0 Å². The van der Waals surface area contributed by atoms with Crippen molar-refractivity contribution in [1.29, 1.82) is 0 Å². The minimum Gasteiger partial charge on any atom is -0.495 e. The van der Waals surface area contributed by atoms with Crippen LogP contribution in [0.5, 0.6) is 5.75 Å². The summed E-state index contributed by atoms with van der Waals surface area (Å²) in [6.07, 6.45) is 1.15. The van der Waals surface area contributed by atoms with Crippen molar-refractivity contribution >= 4 is 11.6 Å². The molecule has 0 spiro atoms. The Labute approximate surface area is 136 Å². The van der Waals surface area contributed by atoms with Crippen LogP contribution in [0.15, 0.2) is 24.3 Å². The molecule has 1 amide bonds. The number of benzene rings is 1. The maximum atomic E-state index is 13.2. The second-order valence-electron chi connectivity index (χ2n) is 6.24. The fraction of sp³-hybridized carbons (Fsp3) is 0.588. The third-order valence-corrected chi connectivity index (χ3v) is 4.66. The molecule has 1 aromatic rings. The van der Waals surface area contributed by atoms with E-state index in [2.05, 4.69) is 21.6 Å². The van der Waals surface area contributed by atoms with Gasteiger partial charge in [0.15, 0.2) is 0 Å². The normalized spacial score (nSPS) is 25.4. The number of carbonyl (C=O) groups excluding carboxylic acids is 1. The van der Waals surface area contributed by atoms with Crippen LogP contribution in [-0.2, 0) is 4.79 Å². The second kappa shape index (κ2) is 7.17. The van der Waals surface area contributed by atoms with Gasteiger partial charge < -0.3 is 20.3 Å². The monoisotopic (exact) mass is 321 g/mol. The third-order valence-electron chi connectivity index (χ3n) is 4.66. The summed E-state index contributed by atoms with van der Waals surface area (Å²) in [5.41, 5.74) is 1.09. The number of nitrogens with one attached hydrogen (secondary N) is 2. The predicted octanol–water partition coefficient (Wildman–Crippen LogP) is 1.48. The van der Waals surface area contributed by atoms with Crippen LogP contribution < -0.4 is 20.3 Å². The summed E-state index contributed by atoms with van der Waals surface area (Å²) in [6, 6.07) is 7.77. The van der Waals surface area contributed by atoms with Gasteiger partial charge in [0.05, 0.1) is 18.8 Å². The van der Waals surface area contributed by atoms with E-state index in [1.54, 1.807) is 7.11 Å². The molecule has 2 aliphatic rings. The Morgan fingerprint density at radius 2 is 2.09 bits per heavy atom. The minimum absolute atomic E-state index is 0.0686. The van der Waals surface area contributed by atoms with Crippen molar-refractivity contribution < 1.29 is 13.9 Å². The smallest absolute Gasteiger partial charge is 0.237 e. The average Bonchev–Trinajstić information content (AvgIpc) is 3.02. The number of alkyl halides is 1. The highest BCUT2D eigenvalue weighted by Crippen LogP contribution is 2.29. The van der Waals surface area contributed by atoms with E-state index in [0.29, 0.717) is 0 Å². The zero-order valence-corrected chi connectivity index (χ0v) is 13.4. The zero-order chi connectivity index (χ0) is 16.2. The van der Waals surface area contributed by atoms with Crippen molar-refractivity contribution in [3.63, 3.8) is 0 Å². The predicted molar refractivity (Wildman–Crippen MR) is 87.7 cm³/mol. The number of halogens is 1. The molecule has 5 nitrogen and oxygen atoms in total. The molecule has 2 atom stereocenters. The van der Waals surface area contributed by atoms with Gasteiger partial charge in [-0.1, -0.05) is 12.1 Å². The number of hydrogen-bond donors (Lipinski definition) is 2. The van der Waals surface area contributed by atoms with E-state index in [4.69, 9.17) is 4.74 Å². The Morgan fingerprint density at radius 3 is 2.74 bits per heavy atom. The van der Waals surface area contributed by atoms with Crippen LogP contribution in [0.4, 0.5) is 10.1 Å². The number of piperidine rings is 1. The van der Waals surface area contributed by atoms with E-state index in [0.717, 1.165) is 37.4 Å². The summed E-state index contributed by atoms with van der Waals surface area (Å²) in [5.74, 6) is 0.806. The molecule has 0 aromatic heterocycles. The zero-order valence-electron chi connectivity index (χ0n) is 13.4. The Bertz CT molecular complexity index is 546. The number of amides is 1. The molecule has 0 radical (unpaired) electrons. The van der Waals surface area contributed by atoms with Gasteiger partial charge in [-0.05, 0) is 25.0 Å². The Morgan fingerprint density at radius 1 is 1.35 bits per heavy atom. The van der Waals surface area contributed by atoms with E-state index >= 15 is 0 Å². The van der Waals surface area contributed by atoms with Crippen LogP contribution in [0, 0.1) is 0 Å². The van der Waals surface area contributed by atoms with E-state index in [1.165, 1.54) is 0 Å². The second-order valence-corrected chi connectivity index (χ2v) is 6.24. The molecule has 2 N–H and O–H groups in total. The van der Waals surface area contributed by atoms with Gasteiger partial charge in [0, 0.05) is 32.1 Å². The van der Waals surface area contributed by atoms with E-state index in [-0.39, 0.29) is 31.0 Å². The highest BCUT2D eigenvalue weighted by molar-refractivity contribution is 5.82. The highest BCUT2D eigenvalue weighted by Gasteiger charge is 2.31. The Kier molecular flexibility index (Phi) is 5.00. The van der Waals surface area contributed by atoms with Gasteiger partial charge in [0.2, 0.25) is 5.91 Å². The third kappa shape index (κ3) is 3.75.